The predicted molar refractivity (Wildman–Crippen MR) is 140 cm³/mol. The minimum atomic E-state index is -0.448. The number of primary amides is 2. The molecule has 4 aliphatic carbocycles. The smallest absolute Gasteiger partial charge is 0.231 e. The molecule has 7 N–H and O–H groups in total. The van der Waals surface area contributed by atoms with E-state index in [0.717, 1.165) is 37.7 Å². The minimum absolute atomic E-state index is 0.0412. The monoisotopic (exact) mass is 518 g/mol. The molecule has 3 unspecified atom stereocenters. The zero-order valence-corrected chi connectivity index (χ0v) is 21.3. The maximum Gasteiger partial charge on any atom is 0.231 e. The van der Waals surface area contributed by atoms with Gasteiger partial charge in [-0.05, 0) is 61.3 Å². The van der Waals surface area contributed by atoms with Gasteiger partial charge in [-0.1, -0.05) is 18.2 Å². The van der Waals surface area contributed by atoms with Gasteiger partial charge in [-0.3, -0.25) is 14.5 Å². The molecular formula is C27H34N8O3. The molecule has 0 aliphatic heterocycles. The van der Waals surface area contributed by atoms with Gasteiger partial charge < -0.3 is 27.2 Å². The third kappa shape index (κ3) is 5.36. The van der Waals surface area contributed by atoms with Crippen molar-refractivity contribution < 1.29 is 14.7 Å². The van der Waals surface area contributed by atoms with Gasteiger partial charge in [0.2, 0.25) is 17.8 Å². The first-order valence-electron chi connectivity index (χ1n) is 13.1. The number of nitrogens with zero attached hydrogens (tertiary/aromatic N) is 4. The number of amides is 2. The number of aromatic hydroxyl groups is 1. The zero-order valence-electron chi connectivity index (χ0n) is 21.3. The Hall–Kier alpha value is -3.91. The Labute approximate surface area is 221 Å². The Morgan fingerprint density at radius 1 is 1.11 bits per heavy atom. The number of benzene rings is 1. The molecule has 38 heavy (non-hydrogen) atoms. The van der Waals surface area contributed by atoms with Crippen molar-refractivity contribution in [2.75, 3.05) is 30.3 Å². The Kier molecular flexibility index (Phi) is 7.08. The molecule has 200 valence electrons. The Bertz CT molecular complexity index is 1230. The first-order valence-corrected chi connectivity index (χ1v) is 13.1. The van der Waals surface area contributed by atoms with Crippen LogP contribution in [0.5, 0.6) is 5.75 Å². The molecule has 2 amide bonds. The molecule has 5 atom stereocenters. The van der Waals surface area contributed by atoms with Gasteiger partial charge in [-0.25, -0.2) is 4.98 Å². The van der Waals surface area contributed by atoms with Crippen LogP contribution >= 0.6 is 0 Å². The average molecular weight is 519 g/mol. The highest BCUT2D eigenvalue weighted by Crippen LogP contribution is 2.61. The number of carbonyl (C=O) groups is 2. The number of nitrogens with one attached hydrogen (secondary N) is 2. The van der Waals surface area contributed by atoms with E-state index in [9.17, 15) is 20.0 Å². The van der Waals surface area contributed by atoms with Gasteiger partial charge in [0.1, 0.15) is 23.2 Å². The summed E-state index contributed by atoms with van der Waals surface area (Å²) in [6.07, 6.45) is 6.71. The van der Waals surface area contributed by atoms with Gasteiger partial charge in [-0.15, -0.1) is 0 Å². The maximum absolute atomic E-state index is 11.7. The fraction of sp³-hybridized carbons (Fsp3) is 0.519. The SMILES string of the molecule is N#Cc1cnc(NCc2ccccc2O)nc1NCC12CC3C[C@H](C1)C(N(CC(N)=O)CC(N)=O)[C@@H](C3)C2. The van der Waals surface area contributed by atoms with Gasteiger partial charge in [0, 0.05) is 24.7 Å². The van der Waals surface area contributed by atoms with Crippen molar-refractivity contribution in [3.8, 4) is 11.8 Å². The maximum atomic E-state index is 11.7. The lowest BCUT2D eigenvalue weighted by Crippen LogP contribution is -2.62. The summed E-state index contributed by atoms with van der Waals surface area (Å²) in [6, 6.07) is 9.35. The standard InChI is InChI=1S/C27H34N8O3/c28-10-20-12-32-26(31-11-17-3-1-2-4-21(17)36)34-25(20)33-15-27-7-16-5-18(8-27)24(19(6-16)9-27)35(13-22(29)37)14-23(30)38/h1-4,12,16,18-19,24,36H,5-9,11,13-15H2,(H2,29,37)(H2,30,38)(H2,31,32,33,34)/t16?,18-,19+,24?,27?. The highest BCUT2D eigenvalue weighted by Gasteiger charge is 2.56. The summed E-state index contributed by atoms with van der Waals surface area (Å²) >= 11 is 0. The molecule has 0 spiro atoms. The molecule has 4 bridgehead atoms. The summed E-state index contributed by atoms with van der Waals surface area (Å²) in [5, 5.41) is 26.2. The molecule has 4 aliphatic rings. The number of nitrogens with two attached hydrogens (primary N) is 2. The molecule has 6 rings (SSSR count). The Balaban J connectivity index is 1.28. The van der Waals surface area contributed by atoms with Gasteiger partial charge in [0.15, 0.2) is 0 Å². The lowest BCUT2D eigenvalue weighted by atomic mass is 9.47. The first-order chi connectivity index (χ1) is 18.2. The lowest BCUT2D eigenvalue weighted by Gasteiger charge is -2.62. The van der Waals surface area contributed by atoms with E-state index < -0.39 is 11.8 Å². The summed E-state index contributed by atoms with van der Waals surface area (Å²) in [4.78, 5) is 34.2. The van der Waals surface area contributed by atoms with Crippen molar-refractivity contribution in [1.29, 1.82) is 5.26 Å². The number of nitriles is 1. The zero-order chi connectivity index (χ0) is 26.9. The number of aromatic nitrogens is 2. The third-order valence-corrected chi connectivity index (χ3v) is 8.46. The number of phenolic OH excluding ortho intramolecular Hbond substituents is 1. The van der Waals surface area contributed by atoms with Crippen molar-refractivity contribution in [2.24, 2.45) is 34.6 Å². The van der Waals surface area contributed by atoms with Crippen molar-refractivity contribution in [1.82, 2.24) is 14.9 Å². The van der Waals surface area contributed by atoms with Crippen LogP contribution < -0.4 is 22.1 Å². The van der Waals surface area contributed by atoms with Crippen molar-refractivity contribution in [3.05, 3.63) is 41.6 Å². The van der Waals surface area contributed by atoms with Gasteiger partial charge >= 0.3 is 0 Å². The Morgan fingerprint density at radius 2 is 1.79 bits per heavy atom. The molecule has 2 aromatic rings. The lowest BCUT2D eigenvalue weighted by molar-refractivity contribution is -0.133. The van der Waals surface area contributed by atoms with Crippen LogP contribution in [0.3, 0.4) is 0 Å². The number of anilines is 2. The largest absolute Gasteiger partial charge is 0.508 e. The molecule has 11 heteroatoms. The number of rotatable bonds is 11. The molecule has 4 fully saturated rings. The van der Waals surface area contributed by atoms with E-state index in [4.69, 9.17) is 11.5 Å². The van der Waals surface area contributed by atoms with Crippen molar-refractivity contribution in [3.63, 3.8) is 0 Å². The highest BCUT2D eigenvalue weighted by molar-refractivity contribution is 5.79. The highest BCUT2D eigenvalue weighted by atomic mass is 16.3. The first kappa shape index (κ1) is 25.7. The van der Waals surface area contributed by atoms with E-state index in [1.807, 2.05) is 17.0 Å². The normalized spacial score (nSPS) is 27.2. The summed E-state index contributed by atoms with van der Waals surface area (Å²) in [7, 11) is 0. The van der Waals surface area contributed by atoms with Crippen LogP contribution in [0.25, 0.3) is 0 Å². The van der Waals surface area contributed by atoms with Gasteiger partial charge in [-0.2, -0.15) is 10.2 Å². The van der Waals surface area contributed by atoms with Crippen LogP contribution in [0.15, 0.2) is 30.5 Å². The predicted octanol–water partition coefficient (Wildman–Crippen LogP) is 1.55. The van der Waals surface area contributed by atoms with E-state index in [2.05, 4.69) is 26.7 Å². The van der Waals surface area contributed by atoms with Crippen LogP contribution in [-0.2, 0) is 16.1 Å². The number of hydrogen-bond acceptors (Lipinski definition) is 9. The van der Waals surface area contributed by atoms with Crippen molar-refractivity contribution in [2.45, 2.75) is 44.7 Å². The number of para-hydroxylation sites is 1. The summed E-state index contributed by atoms with van der Waals surface area (Å²) in [5.74, 6) is 1.47. The minimum Gasteiger partial charge on any atom is -0.508 e. The number of carbonyl (C=O) groups excluding carboxylic acids is 2. The second-order valence-electron chi connectivity index (χ2n) is 11.2. The molecule has 1 aromatic heterocycles. The third-order valence-electron chi connectivity index (χ3n) is 8.46. The van der Waals surface area contributed by atoms with Gasteiger partial charge in [0.05, 0.1) is 19.3 Å². The molecule has 0 saturated heterocycles. The molecule has 1 aromatic carbocycles. The fourth-order valence-electron chi connectivity index (χ4n) is 7.44. The molecule has 11 nitrogen and oxygen atoms in total. The van der Waals surface area contributed by atoms with Gasteiger partial charge in [0.25, 0.3) is 0 Å². The quantitative estimate of drug-likeness (QED) is 0.294. The van der Waals surface area contributed by atoms with Crippen LogP contribution in [0.1, 0.15) is 43.2 Å². The Morgan fingerprint density at radius 3 is 2.42 bits per heavy atom. The number of hydrogen-bond donors (Lipinski definition) is 5. The van der Waals surface area contributed by atoms with E-state index >= 15 is 0 Å². The fourth-order valence-corrected chi connectivity index (χ4v) is 7.44. The summed E-state index contributed by atoms with van der Waals surface area (Å²) in [5.41, 5.74) is 12.2. The van der Waals surface area contributed by atoms with E-state index in [-0.39, 0.29) is 30.3 Å². The second kappa shape index (κ2) is 10.5. The molecule has 1 heterocycles. The van der Waals surface area contributed by atoms with Crippen LogP contribution in [0.4, 0.5) is 11.8 Å². The average Bonchev–Trinajstić information content (AvgIpc) is 2.86. The summed E-state index contributed by atoms with van der Waals surface area (Å²) < 4.78 is 0. The van der Waals surface area contributed by atoms with Crippen LogP contribution in [0.2, 0.25) is 0 Å². The van der Waals surface area contributed by atoms with E-state index in [0.29, 0.717) is 48.2 Å². The molecule has 4 saturated carbocycles. The topological polar surface area (TPSA) is 183 Å². The van der Waals surface area contributed by atoms with Crippen LogP contribution in [0, 0.1) is 34.5 Å². The second-order valence-corrected chi connectivity index (χ2v) is 11.2. The number of phenols is 1. The molecule has 0 radical (unpaired) electrons. The molecular weight excluding hydrogens is 484 g/mol. The van der Waals surface area contributed by atoms with E-state index in [1.54, 1.807) is 12.1 Å². The van der Waals surface area contributed by atoms with E-state index in [1.165, 1.54) is 6.20 Å². The van der Waals surface area contributed by atoms with Crippen molar-refractivity contribution >= 4 is 23.6 Å². The summed E-state index contributed by atoms with van der Waals surface area (Å²) in [6.45, 7) is 1.11. The van der Waals surface area contributed by atoms with Crippen LogP contribution in [-0.4, -0.2) is 57.5 Å².